The Labute approximate surface area is 159 Å². The number of piperazine rings is 1. The maximum Gasteiger partial charge on any atom is 0.230 e. The molecule has 0 aliphatic carbocycles. The molecule has 1 aromatic carbocycles. The third-order valence-corrected chi connectivity index (χ3v) is 5.81. The normalized spacial score (nSPS) is 16.2. The van der Waals surface area contributed by atoms with Crippen molar-refractivity contribution in [2.45, 2.75) is 25.0 Å². The molecule has 0 spiro atoms. The van der Waals surface area contributed by atoms with Crippen molar-refractivity contribution in [1.29, 1.82) is 0 Å². The largest absolute Gasteiger partial charge is 0.355 e. The summed E-state index contributed by atoms with van der Waals surface area (Å²) >= 11 is 1.52. The lowest BCUT2D eigenvalue weighted by Crippen LogP contribution is -2.45. The molecule has 0 unspecified atom stereocenters. The van der Waals surface area contributed by atoms with Crippen LogP contribution in [0, 0.1) is 0 Å². The number of para-hydroxylation sites is 2. The van der Waals surface area contributed by atoms with E-state index in [9.17, 15) is 4.79 Å². The molecule has 1 N–H and O–H groups in total. The summed E-state index contributed by atoms with van der Waals surface area (Å²) in [6.07, 6.45) is 1.01. The number of carbonyl (C=O) groups excluding carboxylic acids is 1. The van der Waals surface area contributed by atoms with Crippen LogP contribution in [0.15, 0.2) is 29.4 Å². The number of likely N-dealkylation sites (N-methyl/N-ethyl adjacent to an activating group) is 1. The number of amides is 1. The zero-order chi connectivity index (χ0) is 18.4. The van der Waals surface area contributed by atoms with Crippen molar-refractivity contribution >= 4 is 28.7 Å². The van der Waals surface area contributed by atoms with Gasteiger partial charge in [0.05, 0.1) is 16.8 Å². The van der Waals surface area contributed by atoms with Gasteiger partial charge in [0.1, 0.15) is 0 Å². The highest BCUT2D eigenvalue weighted by Gasteiger charge is 2.14. The van der Waals surface area contributed by atoms with E-state index in [0.717, 1.165) is 68.4 Å². The van der Waals surface area contributed by atoms with Gasteiger partial charge in [-0.2, -0.15) is 0 Å². The van der Waals surface area contributed by atoms with Gasteiger partial charge in [0.25, 0.3) is 0 Å². The molecule has 1 fully saturated rings. The van der Waals surface area contributed by atoms with Gasteiger partial charge < -0.3 is 19.7 Å². The minimum Gasteiger partial charge on any atom is -0.355 e. The molecule has 2 aromatic rings. The lowest BCUT2D eigenvalue weighted by Gasteiger charge is -2.32. The number of benzene rings is 1. The van der Waals surface area contributed by atoms with E-state index in [0.29, 0.717) is 5.75 Å². The average molecular weight is 376 g/mol. The predicted molar refractivity (Wildman–Crippen MR) is 108 cm³/mol. The number of thioether (sulfide) groups is 1. The number of aromatic nitrogens is 2. The molecule has 6 nitrogen and oxygen atoms in total. The fourth-order valence-electron chi connectivity index (χ4n) is 3.25. The van der Waals surface area contributed by atoms with Gasteiger partial charge in [0.15, 0.2) is 5.16 Å². The SMILES string of the molecule is CCn1c(SCC(=O)NCCCN2CCN(C)CC2)nc2ccccc21. The Kier molecular flexibility index (Phi) is 6.93. The van der Waals surface area contributed by atoms with Crippen LogP contribution in [0.1, 0.15) is 13.3 Å². The average Bonchev–Trinajstić information content (AvgIpc) is 3.02. The molecule has 26 heavy (non-hydrogen) atoms. The number of aryl methyl sites for hydroxylation is 1. The number of rotatable bonds is 8. The number of nitrogens with one attached hydrogen (secondary N) is 1. The smallest absolute Gasteiger partial charge is 0.230 e. The second-order valence-electron chi connectivity index (χ2n) is 6.76. The Morgan fingerprint density at radius 1 is 1.23 bits per heavy atom. The standard InChI is InChI=1S/C19H29N5OS/c1-3-24-17-8-5-4-7-16(17)21-19(24)26-15-18(25)20-9-6-10-23-13-11-22(2)12-14-23/h4-5,7-8H,3,6,9-15H2,1-2H3,(H,20,25). The fraction of sp³-hybridized carbons (Fsp3) is 0.579. The van der Waals surface area contributed by atoms with E-state index < -0.39 is 0 Å². The summed E-state index contributed by atoms with van der Waals surface area (Å²) in [5.74, 6) is 0.501. The Morgan fingerprint density at radius 2 is 2.00 bits per heavy atom. The first-order valence-corrected chi connectivity index (χ1v) is 10.4. The van der Waals surface area contributed by atoms with Crippen molar-refractivity contribution in [3.8, 4) is 0 Å². The summed E-state index contributed by atoms with van der Waals surface area (Å²) in [5.41, 5.74) is 2.12. The Morgan fingerprint density at radius 3 is 2.77 bits per heavy atom. The first-order chi connectivity index (χ1) is 12.7. The molecule has 1 saturated heterocycles. The van der Waals surface area contributed by atoms with Gasteiger partial charge in [0, 0.05) is 39.3 Å². The van der Waals surface area contributed by atoms with Crippen LogP contribution >= 0.6 is 11.8 Å². The van der Waals surface area contributed by atoms with Gasteiger partial charge in [0.2, 0.25) is 5.91 Å². The zero-order valence-corrected chi connectivity index (χ0v) is 16.6. The summed E-state index contributed by atoms with van der Waals surface area (Å²) in [5, 5.41) is 3.96. The number of hydrogen-bond donors (Lipinski definition) is 1. The minimum absolute atomic E-state index is 0.0862. The second-order valence-corrected chi connectivity index (χ2v) is 7.71. The Balaban J connectivity index is 1.39. The van der Waals surface area contributed by atoms with Crippen LogP contribution in [0.25, 0.3) is 11.0 Å². The van der Waals surface area contributed by atoms with Gasteiger partial charge in [-0.25, -0.2) is 4.98 Å². The van der Waals surface area contributed by atoms with Crippen molar-refractivity contribution in [1.82, 2.24) is 24.7 Å². The third kappa shape index (κ3) is 4.99. The van der Waals surface area contributed by atoms with E-state index in [2.05, 4.69) is 44.7 Å². The van der Waals surface area contributed by atoms with Crippen LogP contribution in [0.4, 0.5) is 0 Å². The molecule has 3 rings (SSSR count). The molecule has 0 saturated carbocycles. The number of carbonyl (C=O) groups is 1. The van der Waals surface area contributed by atoms with Crippen LogP contribution in [-0.2, 0) is 11.3 Å². The van der Waals surface area contributed by atoms with Crippen molar-refractivity contribution in [3.63, 3.8) is 0 Å². The lowest BCUT2D eigenvalue weighted by atomic mass is 10.3. The van der Waals surface area contributed by atoms with Crippen LogP contribution in [-0.4, -0.2) is 77.3 Å². The lowest BCUT2D eigenvalue weighted by molar-refractivity contribution is -0.118. The molecule has 1 amide bonds. The summed E-state index contributed by atoms with van der Waals surface area (Å²) < 4.78 is 2.17. The van der Waals surface area contributed by atoms with Gasteiger partial charge in [-0.05, 0) is 39.1 Å². The van der Waals surface area contributed by atoms with E-state index >= 15 is 0 Å². The Hall–Kier alpha value is -1.57. The molecule has 7 heteroatoms. The monoisotopic (exact) mass is 375 g/mol. The third-order valence-electron chi connectivity index (χ3n) is 4.84. The van der Waals surface area contributed by atoms with E-state index in [1.165, 1.54) is 11.8 Å². The van der Waals surface area contributed by atoms with Crippen LogP contribution in [0.3, 0.4) is 0 Å². The molecule has 1 aromatic heterocycles. The highest BCUT2D eigenvalue weighted by atomic mass is 32.2. The number of hydrogen-bond acceptors (Lipinski definition) is 5. The van der Waals surface area contributed by atoms with Crippen molar-refractivity contribution < 1.29 is 4.79 Å². The summed E-state index contributed by atoms with van der Waals surface area (Å²) in [7, 11) is 2.17. The molecule has 0 bridgehead atoms. The highest BCUT2D eigenvalue weighted by molar-refractivity contribution is 7.99. The fourth-order valence-corrected chi connectivity index (χ4v) is 4.16. The van der Waals surface area contributed by atoms with Crippen LogP contribution in [0.5, 0.6) is 0 Å². The summed E-state index contributed by atoms with van der Waals surface area (Å²) in [6, 6.07) is 8.12. The molecule has 0 radical (unpaired) electrons. The topological polar surface area (TPSA) is 53.4 Å². The first-order valence-electron chi connectivity index (χ1n) is 9.43. The highest BCUT2D eigenvalue weighted by Crippen LogP contribution is 2.23. The van der Waals surface area contributed by atoms with E-state index in [1.807, 2.05) is 18.2 Å². The van der Waals surface area contributed by atoms with Crippen molar-refractivity contribution in [3.05, 3.63) is 24.3 Å². The van der Waals surface area contributed by atoms with Gasteiger partial charge >= 0.3 is 0 Å². The van der Waals surface area contributed by atoms with E-state index in [1.54, 1.807) is 0 Å². The van der Waals surface area contributed by atoms with Crippen LogP contribution < -0.4 is 5.32 Å². The molecule has 1 aliphatic heterocycles. The number of fused-ring (bicyclic) bond motifs is 1. The van der Waals surface area contributed by atoms with Gasteiger partial charge in [-0.1, -0.05) is 23.9 Å². The number of nitrogens with zero attached hydrogens (tertiary/aromatic N) is 4. The Bertz CT molecular complexity index is 724. The quantitative estimate of drug-likeness (QED) is 0.564. The van der Waals surface area contributed by atoms with Crippen LogP contribution in [0.2, 0.25) is 0 Å². The summed E-state index contributed by atoms with van der Waals surface area (Å²) in [6.45, 7) is 9.32. The van der Waals surface area contributed by atoms with E-state index in [4.69, 9.17) is 0 Å². The van der Waals surface area contributed by atoms with E-state index in [-0.39, 0.29) is 5.91 Å². The maximum atomic E-state index is 12.1. The van der Waals surface area contributed by atoms with Crippen molar-refractivity contribution in [2.24, 2.45) is 0 Å². The van der Waals surface area contributed by atoms with Crippen molar-refractivity contribution in [2.75, 3.05) is 52.1 Å². The zero-order valence-electron chi connectivity index (χ0n) is 15.8. The van der Waals surface area contributed by atoms with Gasteiger partial charge in [-0.3, -0.25) is 4.79 Å². The maximum absolute atomic E-state index is 12.1. The molecule has 0 atom stereocenters. The predicted octanol–water partition coefficient (Wildman–Crippen LogP) is 1.90. The molecular formula is C19H29N5OS. The number of imidazole rings is 1. The van der Waals surface area contributed by atoms with Gasteiger partial charge in [-0.15, -0.1) is 0 Å². The first kappa shape index (κ1) is 19.2. The molecule has 1 aliphatic rings. The minimum atomic E-state index is 0.0862. The molecule has 142 valence electrons. The molecule has 2 heterocycles. The summed E-state index contributed by atoms with van der Waals surface area (Å²) in [4.78, 5) is 21.6. The molecular weight excluding hydrogens is 346 g/mol. The second kappa shape index (κ2) is 9.39.